The lowest BCUT2D eigenvalue weighted by Gasteiger charge is -2.16. The van der Waals surface area contributed by atoms with Gasteiger partial charge in [0.2, 0.25) is 0 Å². The first kappa shape index (κ1) is 23.8. The molecule has 0 aliphatic heterocycles. The average molecular weight is 425 g/mol. The highest BCUT2D eigenvalue weighted by molar-refractivity contribution is 5.98. The molecule has 7 heteroatoms. The molecule has 2 rings (SSSR count). The molecule has 0 aliphatic carbocycles. The van der Waals surface area contributed by atoms with Gasteiger partial charge in [0.25, 0.3) is 5.91 Å². The van der Waals surface area contributed by atoms with E-state index >= 15 is 0 Å². The van der Waals surface area contributed by atoms with Gasteiger partial charge in [-0.2, -0.15) is 0 Å². The van der Waals surface area contributed by atoms with Crippen molar-refractivity contribution >= 4 is 23.6 Å². The summed E-state index contributed by atoms with van der Waals surface area (Å²) in [5, 5.41) is 2.52. The van der Waals surface area contributed by atoms with Crippen LogP contribution in [0.3, 0.4) is 0 Å². The summed E-state index contributed by atoms with van der Waals surface area (Å²) in [6.07, 6.45) is 0.100. The molecule has 1 amide bonds. The molecule has 0 bridgehead atoms. The summed E-state index contributed by atoms with van der Waals surface area (Å²) in [6.45, 7) is 3.33. The standard InChI is InChI=1S/C24H27NO6/c1-16-9-10-19(13-17(16)2)21(26)11-12-23(28)31-15-22(27)25-20(24(29)30-3)14-18-7-5-4-6-8-18/h4-10,13,20H,11-12,14-15H2,1-3H3,(H,25,27). The third kappa shape index (κ3) is 7.70. The monoisotopic (exact) mass is 425 g/mol. The lowest BCUT2D eigenvalue weighted by Crippen LogP contribution is -2.44. The zero-order valence-corrected chi connectivity index (χ0v) is 18.0. The van der Waals surface area contributed by atoms with Gasteiger partial charge in [-0.25, -0.2) is 4.79 Å². The minimum atomic E-state index is -0.898. The Morgan fingerprint density at radius 1 is 0.935 bits per heavy atom. The summed E-state index contributed by atoms with van der Waals surface area (Å²) < 4.78 is 9.68. The normalized spacial score (nSPS) is 11.3. The van der Waals surface area contributed by atoms with Crippen LogP contribution in [0.15, 0.2) is 48.5 Å². The van der Waals surface area contributed by atoms with E-state index in [1.165, 1.54) is 7.11 Å². The topological polar surface area (TPSA) is 98.8 Å². The van der Waals surface area contributed by atoms with Gasteiger partial charge >= 0.3 is 11.9 Å². The van der Waals surface area contributed by atoms with Crippen molar-refractivity contribution in [1.29, 1.82) is 0 Å². The minimum Gasteiger partial charge on any atom is -0.467 e. The third-order valence-electron chi connectivity index (χ3n) is 4.85. The number of hydrogen-bond donors (Lipinski definition) is 1. The number of benzene rings is 2. The van der Waals surface area contributed by atoms with E-state index in [1.807, 2.05) is 50.2 Å². The Morgan fingerprint density at radius 2 is 1.65 bits per heavy atom. The minimum absolute atomic E-state index is 0.0122. The van der Waals surface area contributed by atoms with Crippen molar-refractivity contribution < 1.29 is 28.7 Å². The average Bonchev–Trinajstić information content (AvgIpc) is 2.77. The maximum absolute atomic E-state index is 12.2. The van der Waals surface area contributed by atoms with Crippen LogP contribution >= 0.6 is 0 Å². The van der Waals surface area contributed by atoms with Crippen LogP contribution in [0.25, 0.3) is 0 Å². The first-order valence-corrected chi connectivity index (χ1v) is 9.97. The molecule has 31 heavy (non-hydrogen) atoms. The van der Waals surface area contributed by atoms with Crippen molar-refractivity contribution in [1.82, 2.24) is 5.32 Å². The lowest BCUT2D eigenvalue weighted by atomic mass is 10.0. The Bertz CT molecular complexity index is 938. The number of ketones is 1. The van der Waals surface area contributed by atoms with Crippen molar-refractivity contribution in [2.45, 2.75) is 39.2 Å². The van der Waals surface area contributed by atoms with Gasteiger partial charge in [-0.05, 0) is 36.6 Å². The second kappa shape index (κ2) is 11.6. The summed E-state index contributed by atoms with van der Waals surface area (Å²) in [6, 6.07) is 13.6. The molecule has 1 unspecified atom stereocenters. The fraction of sp³-hybridized carbons (Fsp3) is 0.333. The molecule has 1 atom stereocenters. The van der Waals surface area contributed by atoms with Crippen LogP contribution in [0.5, 0.6) is 0 Å². The van der Waals surface area contributed by atoms with Crippen LogP contribution in [-0.4, -0.2) is 43.4 Å². The molecular weight excluding hydrogens is 398 g/mol. The highest BCUT2D eigenvalue weighted by Crippen LogP contribution is 2.12. The number of ether oxygens (including phenoxy) is 2. The SMILES string of the molecule is COC(=O)C(Cc1ccccc1)NC(=O)COC(=O)CCC(=O)c1ccc(C)c(C)c1. The molecular formula is C24H27NO6. The first-order chi connectivity index (χ1) is 14.8. The molecule has 0 fully saturated rings. The van der Waals surface area contributed by atoms with E-state index in [0.29, 0.717) is 5.56 Å². The highest BCUT2D eigenvalue weighted by Gasteiger charge is 2.22. The van der Waals surface area contributed by atoms with Crippen LogP contribution in [0.1, 0.15) is 39.9 Å². The molecule has 0 radical (unpaired) electrons. The number of carbonyl (C=O) groups excluding carboxylic acids is 4. The Morgan fingerprint density at radius 3 is 2.29 bits per heavy atom. The summed E-state index contributed by atoms with van der Waals surface area (Å²) in [7, 11) is 1.24. The van der Waals surface area contributed by atoms with Gasteiger partial charge < -0.3 is 14.8 Å². The van der Waals surface area contributed by atoms with Crippen molar-refractivity contribution in [3.8, 4) is 0 Å². The Balaban J connectivity index is 1.80. The van der Waals surface area contributed by atoms with Crippen LogP contribution in [0.2, 0.25) is 0 Å². The third-order valence-corrected chi connectivity index (χ3v) is 4.85. The first-order valence-electron chi connectivity index (χ1n) is 9.97. The number of Topliss-reactive ketones (excluding diaryl/α,β-unsaturated/α-hetero) is 1. The molecule has 2 aromatic carbocycles. The zero-order valence-electron chi connectivity index (χ0n) is 18.0. The smallest absolute Gasteiger partial charge is 0.328 e. The quantitative estimate of drug-likeness (QED) is 0.464. The van der Waals surface area contributed by atoms with Gasteiger partial charge in [0, 0.05) is 18.4 Å². The van der Waals surface area contributed by atoms with Crippen LogP contribution < -0.4 is 5.32 Å². The second-order valence-corrected chi connectivity index (χ2v) is 7.22. The summed E-state index contributed by atoms with van der Waals surface area (Å²) in [5.74, 6) is -2.05. The Kier molecular flexibility index (Phi) is 8.94. The van der Waals surface area contributed by atoms with Crippen molar-refractivity contribution in [2.24, 2.45) is 0 Å². The number of rotatable bonds is 10. The molecule has 0 heterocycles. The van der Waals surface area contributed by atoms with Crippen molar-refractivity contribution in [3.63, 3.8) is 0 Å². The molecule has 0 aliphatic rings. The molecule has 0 spiro atoms. The van der Waals surface area contributed by atoms with E-state index in [9.17, 15) is 19.2 Å². The summed E-state index contributed by atoms with van der Waals surface area (Å²) in [5.41, 5.74) is 3.47. The molecule has 0 aromatic heterocycles. The molecule has 2 aromatic rings. The molecule has 7 nitrogen and oxygen atoms in total. The second-order valence-electron chi connectivity index (χ2n) is 7.22. The van der Waals surface area contributed by atoms with E-state index in [4.69, 9.17) is 9.47 Å². The van der Waals surface area contributed by atoms with E-state index in [0.717, 1.165) is 16.7 Å². The van der Waals surface area contributed by atoms with Gasteiger partial charge in [0.1, 0.15) is 6.04 Å². The summed E-state index contributed by atoms with van der Waals surface area (Å²) in [4.78, 5) is 48.3. The zero-order chi connectivity index (χ0) is 22.8. The van der Waals surface area contributed by atoms with Gasteiger partial charge in [0.05, 0.1) is 13.5 Å². The number of amides is 1. The number of nitrogens with one attached hydrogen (secondary N) is 1. The van der Waals surface area contributed by atoms with Crippen LogP contribution in [0.4, 0.5) is 0 Å². The predicted molar refractivity (Wildman–Crippen MR) is 115 cm³/mol. The largest absolute Gasteiger partial charge is 0.467 e. The predicted octanol–water partition coefficient (Wildman–Crippen LogP) is 2.71. The molecule has 1 N–H and O–H groups in total. The van der Waals surface area contributed by atoms with E-state index in [1.54, 1.807) is 12.1 Å². The van der Waals surface area contributed by atoms with Gasteiger partial charge in [-0.15, -0.1) is 0 Å². The highest BCUT2D eigenvalue weighted by atomic mass is 16.5. The summed E-state index contributed by atoms with van der Waals surface area (Å²) >= 11 is 0. The van der Waals surface area contributed by atoms with Crippen molar-refractivity contribution in [3.05, 3.63) is 70.8 Å². The number of esters is 2. The Hall–Kier alpha value is -3.48. The van der Waals surface area contributed by atoms with E-state index in [-0.39, 0.29) is 25.0 Å². The molecule has 0 saturated heterocycles. The number of carbonyl (C=O) groups is 4. The van der Waals surface area contributed by atoms with E-state index in [2.05, 4.69) is 5.32 Å². The lowest BCUT2D eigenvalue weighted by molar-refractivity contribution is -0.150. The number of aryl methyl sites for hydroxylation is 2. The van der Waals surface area contributed by atoms with Gasteiger partial charge in [-0.1, -0.05) is 42.5 Å². The maximum atomic E-state index is 12.2. The van der Waals surface area contributed by atoms with Gasteiger partial charge in [0.15, 0.2) is 12.4 Å². The fourth-order valence-electron chi connectivity index (χ4n) is 2.91. The van der Waals surface area contributed by atoms with Crippen LogP contribution in [-0.2, 0) is 30.3 Å². The van der Waals surface area contributed by atoms with E-state index < -0.39 is 30.5 Å². The number of methoxy groups -OCH3 is 1. The van der Waals surface area contributed by atoms with Gasteiger partial charge in [-0.3, -0.25) is 14.4 Å². The molecule has 0 saturated carbocycles. The molecule has 164 valence electrons. The maximum Gasteiger partial charge on any atom is 0.328 e. The fourth-order valence-corrected chi connectivity index (χ4v) is 2.91. The number of hydrogen-bond acceptors (Lipinski definition) is 6. The Labute approximate surface area is 181 Å². The van der Waals surface area contributed by atoms with Crippen molar-refractivity contribution in [2.75, 3.05) is 13.7 Å². The van der Waals surface area contributed by atoms with Crippen LogP contribution in [0, 0.1) is 13.8 Å².